The Morgan fingerprint density at radius 1 is 1.00 bits per heavy atom. The zero-order valence-electron chi connectivity index (χ0n) is 16.1. The minimum absolute atomic E-state index is 0.0661. The number of aliphatic hydroxyl groups excluding tert-OH is 1. The summed E-state index contributed by atoms with van der Waals surface area (Å²) in [5.41, 5.74) is 0.657. The molecule has 3 unspecified atom stereocenters. The fourth-order valence-electron chi connectivity index (χ4n) is 7.67. The van der Waals surface area contributed by atoms with Crippen LogP contribution in [0.2, 0.25) is 0 Å². The van der Waals surface area contributed by atoms with Crippen LogP contribution >= 0.6 is 0 Å². The van der Waals surface area contributed by atoms with E-state index < -0.39 is 0 Å². The molecule has 142 valence electrons. The third-order valence-corrected chi connectivity index (χ3v) is 9.12. The molecular weight excluding hydrogens is 314 g/mol. The summed E-state index contributed by atoms with van der Waals surface area (Å²) in [4.78, 5) is 11.8. The number of carbonyl (C=O) groups excluding carboxylic acids is 1. The van der Waals surface area contributed by atoms with Gasteiger partial charge in [-0.2, -0.15) is 0 Å². The van der Waals surface area contributed by atoms with Crippen molar-refractivity contribution in [2.45, 2.75) is 83.8 Å². The summed E-state index contributed by atoms with van der Waals surface area (Å²) in [5.74, 6) is 3.07. The van der Waals surface area contributed by atoms with Crippen molar-refractivity contribution in [3.8, 4) is 0 Å². The predicted octanol–water partition coefficient (Wildman–Crippen LogP) is 4.11. The highest BCUT2D eigenvalue weighted by atomic mass is 16.5. The number of methoxy groups -OCH3 is 1. The van der Waals surface area contributed by atoms with Crippen LogP contribution in [-0.4, -0.2) is 30.5 Å². The normalized spacial score (nSPS) is 51.8. The molecule has 0 aromatic carbocycles. The molecule has 4 aliphatic carbocycles. The van der Waals surface area contributed by atoms with Crippen LogP contribution in [0.15, 0.2) is 0 Å². The highest BCUT2D eigenvalue weighted by Crippen LogP contribution is 2.66. The van der Waals surface area contributed by atoms with Gasteiger partial charge in [-0.25, -0.2) is 4.79 Å². The van der Waals surface area contributed by atoms with Gasteiger partial charge in [-0.3, -0.25) is 0 Å². The highest BCUT2D eigenvalue weighted by molar-refractivity contribution is 5.67. The molecule has 0 heterocycles. The van der Waals surface area contributed by atoms with Crippen molar-refractivity contribution < 1.29 is 14.6 Å². The van der Waals surface area contributed by atoms with Crippen LogP contribution in [0.4, 0.5) is 4.79 Å². The second-order valence-corrected chi connectivity index (χ2v) is 9.90. The molecule has 25 heavy (non-hydrogen) atoms. The molecule has 4 heteroatoms. The van der Waals surface area contributed by atoms with E-state index in [-0.39, 0.29) is 23.7 Å². The number of nitrogens with one attached hydrogen (secondary N) is 1. The number of ether oxygens (including phenoxy) is 1. The molecule has 0 spiro atoms. The highest BCUT2D eigenvalue weighted by Gasteiger charge is 2.60. The van der Waals surface area contributed by atoms with Gasteiger partial charge in [-0.15, -0.1) is 0 Å². The number of carbonyl (C=O) groups is 1. The van der Waals surface area contributed by atoms with E-state index in [1.807, 2.05) is 0 Å². The standard InChI is InChI=1S/C21H35NO3/c1-20-10-8-14(23)12-13(20)4-5-15-16-6-7-18(22-19(24)25-3)21(16,2)11-9-17(15)20/h13-18,23H,4-12H2,1-3H3,(H,22,24)/t13-,14-,15?,16?,17?,18+,20-,21-/m0/s1. The van der Waals surface area contributed by atoms with Gasteiger partial charge in [0.15, 0.2) is 0 Å². The van der Waals surface area contributed by atoms with Crippen molar-refractivity contribution in [3.63, 3.8) is 0 Å². The lowest BCUT2D eigenvalue weighted by Crippen LogP contribution is -2.56. The number of hydrogen-bond acceptors (Lipinski definition) is 3. The van der Waals surface area contributed by atoms with E-state index in [4.69, 9.17) is 4.74 Å². The predicted molar refractivity (Wildman–Crippen MR) is 97.1 cm³/mol. The first-order chi connectivity index (χ1) is 11.9. The van der Waals surface area contributed by atoms with Gasteiger partial charge in [0.1, 0.15) is 0 Å². The minimum atomic E-state index is -0.272. The van der Waals surface area contributed by atoms with E-state index in [9.17, 15) is 9.90 Å². The lowest BCUT2D eigenvalue weighted by Gasteiger charge is -2.60. The van der Waals surface area contributed by atoms with Crippen LogP contribution < -0.4 is 5.32 Å². The van der Waals surface area contributed by atoms with Crippen molar-refractivity contribution in [1.29, 1.82) is 0 Å². The molecule has 0 aliphatic heterocycles. The van der Waals surface area contributed by atoms with E-state index in [0.29, 0.717) is 11.3 Å². The molecule has 4 rings (SSSR count). The average Bonchev–Trinajstić information content (AvgIpc) is 2.92. The Labute approximate surface area is 152 Å². The molecule has 0 aromatic heterocycles. The van der Waals surface area contributed by atoms with Crippen molar-refractivity contribution in [1.82, 2.24) is 5.32 Å². The summed E-state index contributed by atoms with van der Waals surface area (Å²) in [7, 11) is 1.46. The van der Waals surface area contributed by atoms with Gasteiger partial charge < -0.3 is 15.2 Å². The maximum absolute atomic E-state index is 11.8. The van der Waals surface area contributed by atoms with Crippen LogP contribution in [0.1, 0.15) is 71.6 Å². The summed E-state index contributed by atoms with van der Waals surface area (Å²) in [5, 5.41) is 13.3. The molecular formula is C21H35NO3. The monoisotopic (exact) mass is 349 g/mol. The lowest BCUT2D eigenvalue weighted by molar-refractivity contribution is -0.123. The van der Waals surface area contributed by atoms with Gasteiger partial charge in [-0.05, 0) is 92.3 Å². The summed E-state index contributed by atoms with van der Waals surface area (Å²) < 4.78 is 4.87. The maximum atomic E-state index is 11.8. The molecule has 4 fully saturated rings. The van der Waals surface area contributed by atoms with E-state index in [1.165, 1.54) is 45.6 Å². The third-order valence-electron chi connectivity index (χ3n) is 9.12. The molecule has 4 saturated carbocycles. The quantitative estimate of drug-likeness (QED) is 0.749. The van der Waals surface area contributed by atoms with Gasteiger partial charge in [0.05, 0.1) is 13.2 Å². The fraction of sp³-hybridized carbons (Fsp3) is 0.952. The molecule has 2 N–H and O–H groups in total. The summed E-state index contributed by atoms with van der Waals surface area (Å²) in [6.45, 7) is 4.95. The summed E-state index contributed by atoms with van der Waals surface area (Å²) in [6, 6.07) is 0.268. The second-order valence-electron chi connectivity index (χ2n) is 9.90. The van der Waals surface area contributed by atoms with Crippen molar-refractivity contribution in [3.05, 3.63) is 0 Å². The topological polar surface area (TPSA) is 58.6 Å². The smallest absolute Gasteiger partial charge is 0.407 e. The maximum Gasteiger partial charge on any atom is 0.407 e. The van der Waals surface area contributed by atoms with Crippen LogP contribution in [-0.2, 0) is 4.74 Å². The molecule has 4 nitrogen and oxygen atoms in total. The number of hydrogen-bond donors (Lipinski definition) is 2. The van der Waals surface area contributed by atoms with Crippen LogP contribution in [0, 0.1) is 34.5 Å². The van der Waals surface area contributed by atoms with Crippen molar-refractivity contribution >= 4 is 6.09 Å². The molecule has 0 radical (unpaired) electrons. The van der Waals surface area contributed by atoms with Crippen molar-refractivity contribution in [2.24, 2.45) is 34.5 Å². The Kier molecular flexibility index (Phi) is 4.33. The molecule has 0 aromatic rings. The largest absolute Gasteiger partial charge is 0.453 e. The van der Waals surface area contributed by atoms with Gasteiger partial charge in [0.25, 0.3) is 0 Å². The molecule has 4 aliphatic rings. The van der Waals surface area contributed by atoms with Crippen LogP contribution in [0.5, 0.6) is 0 Å². The van der Waals surface area contributed by atoms with Gasteiger partial charge in [0.2, 0.25) is 0 Å². The first-order valence-corrected chi connectivity index (χ1v) is 10.4. The van der Waals surface area contributed by atoms with Gasteiger partial charge >= 0.3 is 6.09 Å². The molecule has 1 amide bonds. The minimum Gasteiger partial charge on any atom is -0.453 e. The molecule has 0 bridgehead atoms. The first-order valence-electron chi connectivity index (χ1n) is 10.4. The van der Waals surface area contributed by atoms with Crippen LogP contribution in [0.3, 0.4) is 0 Å². The zero-order valence-corrected chi connectivity index (χ0v) is 16.1. The second kappa shape index (κ2) is 6.14. The summed E-state index contributed by atoms with van der Waals surface area (Å²) >= 11 is 0. The molecule has 8 atom stereocenters. The zero-order chi connectivity index (χ0) is 17.8. The van der Waals surface area contributed by atoms with E-state index in [1.54, 1.807) is 0 Å². The van der Waals surface area contributed by atoms with Gasteiger partial charge in [0, 0.05) is 6.04 Å². The average molecular weight is 350 g/mol. The Balaban J connectivity index is 1.55. The van der Waals surface area contributed by atoms with E-state index in [2.05, 4.69) is 19.2 Å². The number of aliphatic hydroxyl groups is 1. The third kappa shape index (κ3) is 2.62. The SMILES string of the molecule is COC(=O)N[C@@H]1CCC2C3CC[C@H]4C[C@@H](O)CC[C@]4(C)C3CC[C@@]21C. The van der Waals surface area contributed by atoms with Crippen LogP contribution in [0.25, 0.3) is 0 Å². The van der Waals surface area contributed by atoms with E-state index in [0.717, 1.165) is 37.0 Å². The molecule has 0 saturated heterocycles. The fourth-order valence-corrected chi connectivity index (χ4v) is 7.67. The number of alkyl carbamates (subject to hydrolysis) is 1. The number of fused-ring (bicyclic) bond motifs is 5. The Bertz CT molecular complexity index is 537. The Hall–Kier alpha value is -0.770. The number of amides is 1. The van der Waals surface area contributed by atoms with E-state index >= 15 is 0 Å². The van der Waals surface area contributed by atoms with Gasteiger partial charge in [-0.1, -0.05) is 13.8 Å². The first kappa shape index (κ1) is 17.6. The number of rotatable bonds is 1. The Morgan fingerprint density at radius 2 is 1.72 bits per heavy atom. The Morgan fingerprint density at radius 3 is 2.48 bits per heavy atom. The summed E-state index contributed by atoms with van der Waals surface area (Å²) in [6.07, 6.45) is 10.3. The van der Waals surface area contributed by atoms with Crippen molar-refractivity contribution in [2.75, 3.05) is 7.11 Å². The lowest BCUT2D eigenvalue weighted by atomic mass is 9.45.